The van der Waals surface area contributed by atoms with Crippen LogP contribution in [0.4, 0.5) is 5.82 Å². The lowest BCUT2D eigenvalue weighted by Crippen LogP contribution is -2.08. The molecule has 0 atom stereocenters. The molecule has 4 aromatic rings. The monoisotopic (exact) mass is 305 g/mol. The van der Waals surface area contributed by atoms with Crippen molar-refractivity contribution in [1.29, 1.82) is 0 Å². The number of nitrogens with zero attached hydrogens (tertiary/aromatic N) is 4. The van der Waals surface area contributed by atoms with Gasteiger partial charge in [-0.3, -0.25) is 9.38 Å². The summed E-state index contributed by atoms with van der Waals surface area (Å²) in [5.74, 6) is 0.774. The first kappa shape index (κ1) is 13.5. The Morgan fingerprint density at radius 2 is 2.00 bits per heavy atom. The van der Waals surface area contributed by atoms with Gasteiger partial charge in [0.25, 0.3) is 0 Å². The van der Waals surface area contributed by atoms with Gasteiger partial charge in [-0.05, 0) is 30.2 Å². The lowest BCUT2D eigenvalue weighted by atomic mass is 10.2. The summed E-state index contributed by atoms with van der Waals surface area (Å²) >= 11 is 0. The van der Waals surface area contributed by atoms with Crippen LogP contribution in [0.5, 0.6) is 0 Å². The van der Waals surface area contributed by atoms with E-state index in [1.54, 1.807) is 31.1 Å². The number of hydrogen-bond donors (Lipinski definition) is 1. The van der Waals surface area contributed by atoms with E-state index in [2.05, 4.69) is 20.3 Å². The van der Waals surface area contributed by atoms with E-state index in [-0.39, 0.29) is 0 Å². The normalized spacial score (nSPS) is 11.0. The zero-order chi connectivity index (χ0) is 15.5. The number of anilines is 1. The van der Waals surface area contributed by atoms with Crippen molar-refractivity contribution < 1.29 is 4.42 Å². The van der Waals surface area contributed by atoms with Gasteiger partial charge in [-0.25, -0.2) is 9.97 Å². The molecule has 0 spiro atoms. The van der Waals surface area contributed by atoms with Crippen LogP contribution in [0.2, 0.25) is 0 Å². The zero-order valence-corrected chi connectivity index (χ0v) is 12.4. The van der Waals surface area contributed by atoms with Crippen LogP contribution in [-0.2, 0) is 6.42 Å². The molecule has 0 amide bonds. The Bertz CT molecular complexity index is 899. The van der Waals surface area contributed by atoms with Crippen molar-refractivity contribution in [2.24, 2.45) is 0 Å². The van der Waals surface area contributed by atoms with Crippen LogP contribution in [0.1, 0.15) is 5.56 Å². The molecule has 0 saturated heterocycles. The van der Waals surface area contributed by atoms with Crippen molar-refractivity contribution in [3.63, 3.8) is 0 Å². The van der Waals surface area contributed by atoms with Gasteiger partial charge in [0.15, 0.2) is 11.5 Å². The zero-order valence-electron chi connectivity index (χ0n) is 12.4. The van der Waals surface area contributed by atoms with Gasteiger partial charge in [0.1, 0.15) is 0 Å². The van der Waals surface area contributed by atoms with E-state index >= 15 is 0 Å². The Balaban J connectivity index is 1.56. The minimum absolute atomic E-state index is 0.774. The summed E-state index contributed by atoms with van der Waals surface area (Å²) in [5.41, 5.74) is 4.01. The number of pyridine rings is 1. The van der Waals surface area contributed by atoms with Gasteiger partial charge in [-0.2, -0.15) is 0 Å². The van der Waals surface area contributed by atoms with Crippen LogP contribution in [0.15, 0.2) is 66.1 Å². The third kappa shape index (κ3) is 2.66. The van der Waals surface area contributed by atoms with Gasteiger partial charge < -0.3 is 9.73 Å². The number of fused-ring (bicyclic) bond motifs is 1. The van der Waals surface area contributed by atoms with Crippen LogP contribution in [0, 0.1) is 0 Å². The second-order valence-electron chi connectivity index (χ2n) is 5.16. The Hall–Kier alpha value is -3.15. The average Bonchev–Trinajstić information content (AvgIpc) is 3.25. The molecule has 0 aliphatic carbocycles. The molecule has 4 heterocycles. The maximum atomic E-state index is 5.15. The maximum Gasteiger partial charge on any atom is 0.180 e. The first-order valence-electron chi connectivity index (χ1n) is 7.39. The van der Waals surface area contributed by atoms with Gasteiger partial charge in [-0.1, -0.05) is 0 Å². The largest absolute Gasteiger partial charge is 0.472 e. The lowest BCUT2D eigenvalue weighted by molar-refractivity contribution is 0.568. The van der Waals surface area contributed by atoms with Crippen molar-refractivity contribution in [2.45, 2.75) is 6.42 Å². The lowest BCUT2D eigenvalue weighted by Gasteiger charge is -2.07. The average molecular weight is 305 g/mol. The van der Waals surface area contributed by atoms with E-state index in [1.807, 2.05) is 35.0 Å². The fourth-order valence-electron chi connectivity index (χ4n) is 2.54. The Morgan fingerprint density at radius 3 is 2.83 bits per heavy atom. The van der Waals surface area contributed by atoms with Crippen LogP contribution in [-0.4, -0.2) is 25.9 Å². The van der Waals surface area contributed by atoms with Crippen molar-refractivity contribution in [1.82, 2.24) is 19.4 Å². The summed E-state index contributed by atoms with van der Waals surface area (Å²) in [6.45, 7) is 0.782. The SMILES string of the molecule is c1cc(CCNc2nccn3c(-c4ccoc4)cnc23)ccn1. The minimum atomic E-state index is 0.774. The molecule has 4 rings (SSSR count). The number of imidazole rings is 1. The van der Waals surface area contributed by atoms with Gasteiger partial charge in [0, 0.05) is 36.9 Å². The minimum Gasteiger partial charge on any atom is -0.472 e. The van der Waals surface area contributed by atoms with Crippen molar-refractivity contribution in [3.8, 4) is 11.3 Å². The maximum absolute atomic E-state index is 5.15. The Morgan fingerprint density at radius 1 is 1.09 bits per heavy atom. The molecule has 23 heavy (non-hydrogen) atoms. The second kappa shape index (κ2) is 5.92. The molecule has 0 aliphatic rings. The highest BCUT2D eigenvalue weighted by atomic mass is 16.3. The summed E-state index contributed by atoms with van der Waals surface area (Å²) < 4.78 is 7.16. The molecule has 6 nitrogen and oxygen atoms in total. The summed E-state index contributed by atoms with van der Waals surface area (Å²) in [6, 6.07) is 5.95. The fraction of sp³-hybridized carbons (Fsp3) is 0.118. The van der Waals surface area contributed by atoms with E-state index in [0.717, 1.165) is 35.7 Å². The van der Waals surface area contributed by atoms with Gasteiger partial charge in [-0.15, -0.1) is 0 Å². The summed E-state index contributed by atoms with van der Waals surface area (Å²) in [6.07, 6.45) is 13.4. The van der Waals surface area contributed by atoms with Gasteiger partial charge in [0.05, 0.1) is 24.4 Å². The topological polar surface area (TPSA) is 68.2 Å². The number of hydrogen-bond acceptors (Lipinski definition) is 5. The van der Waals surface area contributed by atoms with Crippen LogP contribution in [0.3, 0.4) is 0 Å². The number of nitrogens with one attached hydrogen (secondary N) is 1. The van der Waals surface area contributed by atoms with Crippen LogP contribution < -0.4 is 5.32 Å². The highest BCUT2D eigenvalue weighted by Gasteiger charge is 2.10. The van der Waals surface area contributed by atoms with E-state index < -0.39 is 0 Å². The molecule has 6 heteroatoms. The van der Waals surface area contributed by atoms with Crippen molar-refractivity contribution >= 4 is 11.5 Å². The third-order valence-corrected chi connectivity index (χ3v) is 3.70. The predicted octanol–water partition coefficient (Wildman–Crippen LogP) is 3.04. The molecule has 114 valence electrons. The Kier molecular flexibility index (Phi) is 3.48. The summed E-state index contributed by atoms with van der Waals surface area (Å²) in [4.78, 5) is 12.9. The van der Waals surface area contributed by atoms with Crippen LogP contribution in [0.25, 0.3) is 16.9 Å². The van der Waals surface area contributed by atoms with Gasteiger partial charge in [0.2, 0.25) is 0 Å². The quantitative estimate of drug-likeness (QED) is 0.614. The molecule has 0 aliphatic heterocycles. The highest BCUT2D eigenvalue weighted by Crippen LogP contribution is 2.23. The third-order valence-electron chi connectivity index (χ3n) is 3.70. The highest BCUT2D eigenvalue weighted by molar-refractivity contribution is 5.70. The van der Waals surface area contributed by atoms with Crippen molar-refractivity contribution in [3.05, 3.63) is 67.3 Å². The van der Waals surface area contributed by atoms with E-state index in [0.29, 0.717) is 0 Å². The molecule has 0 bridgehead atoms. The molecule has 0 fully saturated rings. The van der Waals surface area contributed by atoms with Crippen LogP contribution >= 0.6 is 0 Å². The van der Waals surface area contributed by atoms with E-state index in [9.17, 15) is 0 Å². The standard InChI is InChI=1S/C17H15N5O/c1-5-18-6-2-13(1)3-7-19-16-17-21-11-15(14-4-10-23-12-14)22(17)9-8-20-16/h1-2,4-6,8-12H,3,7H2,(H,19,20). The molecule has 0 radical (unpaired) electrons. The Labute approximate surface area is 132 Å². The number of aromatic nitrogens is 4. The molecule has 4 aromatic heterocycles. The number of rotatable bonds is 5. The summed E-state index contributed by atoms with van der Waals surface area (Å²) in [7, 11) is 0. The predicted molar refractivity (Wildman–Crippen MR) is 87.1 cm³/mol. The number of furan rings is 1. The molecule has 0 unspecified atom stereocenters. The molecule has 0 saturated carbocycles. The molecular formula is C17H15N5O. The smallest absolute Gasteiger partial charge is 0.180 e. The van der Waals surface area contributed by atoms with E-state index in [1.165, 1.54) is 5.56 Å². The van der Waals surface area contributed by atoms with Crippen molar-refractivity contribution in [2.75, 3.05) is 11.9 Å². The second-order valence-corrected chi connectivity index (χ2v) is 5.16. The molecular weight excluding hydrogens is 290 g/mol. The molecule has 1 N–H and O–H groups in total. The first-order valence-corrected chi connectivity index (χ1v) is 7.39. The summed E-state index contributed by atoms with van der Waals surface area (Å²) in [5, 5.41) is 3.36. The fourth-order valence-corrected chi connectivity index (χ4v) is 2.54. The van der Waals surface area contributed by atoms with E-state index in [4.69, 9.17) is 4.42 Å². The van der Waals surface area contributed by atoms with Gasteiger partial charge >= 0.3 is 0 Å². The first-order chi connectivity index (χ1) is 11.4. The molecule has 0 aromatic carbocycles.